The van der Waals surface area contributed by atoms with Crippen molar-refractivity contribution in [1.29, 1.82) is 0 Å². The first kappa shape index (κ1) is 17.5. The molecule has 7 heteroatoms. The number of ether oxygens (including phenoxy) is 2. The van der Waals surface area contributed by atoms with Crippen molar-refractivity contribution in [1.82, 2.24) is 4.98 Å². The molecule has 1 aliphatic carbocycles. The highest BCUT2D eigenvalue weighted by molar-refractivity contribution is 5.38. The van der Waals surface area contributed by atoms with E-state index in [1.54, 1.807) is 30.5 Å². The topological polar surface area (TPSA) is 51.6 Å². The lowest BCUT2D eigenvalue weighted by Crippen LogP contribution is -2.58. The van der Waals surface area contributed by atoms with Crippen molar-refractivity contribution in [3.63, 3.8) is 0 Å². The monoisotopic (exact) mass is 365 g/mol. The van der Waals surface area contributed by atoms with E-state index in [4.69, 9.17) is 9.47 Å². The standard InChI is InChI=1S/C19H18F3NO3/c20-19(21,22)14-5-3-4-13(10-14)17(11-18(12-17)25-8-9-26-18)16(24)15-6-1-2-7-23-15/h1-7,10,16,24H,8-9,11-12H2. The van der Waals surface area contributed by atoms with Crippen molar-refractivity contribution in [2.24, 2.45) is 0 Å². The lowest BCUT2D eigenvalue weighted by atomic mass is 9.57. The Kier molecular flexibility index (Phi) is 4.06. The summed E-state index contributed by atoms with van der Waals surface area (Å²) < 4.78 is 50.8. The summed E-state index contributed by atoms with van der Waals surface area (Å²) in [6.45, 7) is 0.886. The Hall–Kier alpha value is -1.96. The number of aliphatic hydroxyl groups is 1. The number of benzene rings is 1. The fourth-order valence-corrected chi connectivity index (χ4v) is 3.99. The summed E-state index contributed by atoms with van der Waals surface area (Å²) in [6.07, 6.45) is -3.41. The number of aromatic nitrogens is 1. The predicted molar refractivity (Wildman–Crippen MR) is 86.2 cm³/mol. The Morgan fingerprint density at radius 2 is 1.77 bits per heavy atom. The second kappa shape index (κ2) is 6.04. The molecular formula is C19H18F3NO3. The summed E-state index contributed by atoms with van der Waals surface area (Å²) in [5.74, 6) is -0.829. The summed E-state index contributed by atoms with van der Waals surface area (Å²) in [5, 5.41) is 11.0. The molecule has 1 unspecified atom stereocenters. The van der Waals surface area contributed by atoms with Gasteiger partial charge in [0.15, 0.2) is 5.79 Å². The number of pyridine rings is 1. The zero-order chi connectivity index (χ0) is 18.4. The van der Waals surface area contributed by atoms with Gasteiger partial charge in [0.25, 0.3) is 0 Å². The zero-order valence-electron chi connectivity index (χ0n) is 13.9. The van der Waals surface area contributed by atoms with Crippen molar-refractivity contribution in [3.05, 3.63) is 65.5 Å². The van der Waals surface area contributed by atoms with Crippen LogP contribution in [0.1, 0.15) is 35.8 Å². The first-order valence-corrected chi connectivity index (χ1v) is 8.39. The molecule has 2 aliphatic rings. The maximum absolute atomic E-state index is 13.2. The summed E-state index contributed by atoms with van der Waals surface area (Å²) in [5.41, 5.74) is -0.857. The van der Waals surface area contributed by atoms with Gasteiger partial charge in [-0.25, -0.2) is 0 Å². The van der Waals surface area contributed by atoms with E-state index < -0.39 is 29.0 Å². The second-order valence-corrected chi connectivity index (χ2v) is 6.85. The van der Waals surface area contributed by atoms with Crippen LogP contribution in [0.25, 0.3) is 0 Å². The van der Waals surface area contributed by atoms with Crippen LogP contribution in [0.5, 0.6) is 0 Å². The Balaban J connectivity index is 1.75. The van der Waals surface area contributed by atoms with Gasteiger partial charge in [0.1, 0.15) is 6.10 Å². The molecule has 2 heterocycles. The van der Waals surface area contributed by atoms with Crippen LogP contribution in [0.3, 0.4) is 0 Å². The summed E-state index contributed by atoms with van der Waals surface area (Å²) in [6, 6.07) is 10.2. The third kappa shape index (κ3) is 2.80. The van der Waals surface area contributed by atoms with Gasteiger partial charge < -0.3 is 14.6 Å². The Morgan fingerprint density at radius 3 is 2.38 bits per heavy atom. The van der Waals surface area contributed by atoms with Gasteiger partial charge in [0.05, 0.1) is 24.5 Å². The summed E-state index contributed by atoms with van der Waals surface area (Å²) >= 11 is 0. The van der Waals surface area contributed by atoms with E-state index in [1.807, 2.05) is 0 Å². The van der Waals surface area contributed by atoms with Crippen LogP contribution in [0.15, 0.2) is 48.7 Å². The van der Waals surface area contributed by atoms with Gasteiger partial charge in [-0.1, -0.05) is 24.3 Å². The molecule has 4 nitrogen and oxygen atoms in total. The van der Waals surface area contributed by atoms with Crippen LogP contribution in [0, 0.1) is 0 Å². The SMILES string of the molecule is OC(c1ccccn1)C1(c2cccc(C(F)(F)F)c2)CC2(C1)OCCO2. The van der Waals surface area contributed by atoms with Gasteiger partial charge in [-0.2, -0.15) is 13.2 Å². The smallest absolute Gasteiger partial charge is 0.386 e. The highest BCUT2D eigenvalue weighted by Gasteiger charge is 2.63. The molecule has 0 bridgehead atoms. The highest BCUT2D eigenvalue weighted by atomic mass is 19.4. The molecule has 0 amide bonds. The van der Waals surface area contributed by atoms with Crippen molar-refractivity contribution in [2.45, 2.75) is 36.3 Å². The molecule has 138 valence electrons. The van der Waals surface area contributed by atoms with Gasteiger partial charge in [0, 0.05) is 24.5 Å². The number of rotatable bonds is 3. The molecule has 1 saturated heterocycles. The quantitative estimate of drug-likeness (QED) is 0.903. The average Bonchev–Trinajstić information content (AvgIpc) is 3.09. The highest BCUT2D eigenvalue weighted by Crippen LogP contribution is 2.60. The van der Waals surface area contributed by atoms with Crippen molar-refractivity contribution < 1.29 is 27.8 Å². The van der Waals surface area contributed by atoms with E-state index in [0.717, 1.165) is 12.1 Å². The van der Waals surface area contributed by atoms with Crippen LogP contribution < -0.4 is 0 Å². The van der Waals surface area contributed by atoms with E-state index >= 15 is 0 Å². The molecule has 1 aromatic heterocycles. The molecule has 2 aromatic rings. The normalized spacial score (nSPS) is 22.2. The maximum atomic E-state index is 13.2. The van der Waals surface area contributed by atoms with Gasteiger partial charge in [-0.05, 0) is 23.8 Å². The van der Waals surface area contributed by atoms with E-state index in [9.17, 15) is 18.3 Å². The molecule has 2 fully saturated rings. The molecule has 26 heavy (non-hydrogen) atoms. The van der Waals surface area contributed by atoms with E-state index in [-0.39, 0.29) is 12.8 Å². The predicted octanol–water partition coefficient (Wildman–Crippen LogP) is 3.61. The third-order valence-electron chi connectivity index (χ3n) is 5.24. The lowest BCUT2D eigenvalue weighted by molar-refractivity contribution is -0.258. The number of halogens is 3. The van der Waals surface area contributed by atoms with E-state index in [1.165, 1.54) is 6.07 Å². The molecule has 4 rings (SSSR count). The first-order chi connectivity index (χ1) is 12.3. The molecule has 1 atom stereocenters. The Morgan fingerprint density at radius 1 is 1.04 bits per heavy atom. The van der Waals surface area contributed by atoms with Gasteiger partial charge in [-0.3, -0.25) is 4.98 Å². The fraction of sp³-hybridized carbons (Fsp3) is 0.421. The molecule has 1 aromatic carbocycles. The van der Waals surface area contributed by atoms with Crippen molar-refractivity contribution in [3.8, 4) is 0 Å². The largest absolute Gasteiger partial charge is 0.416 e. The maximum Gasteiger partial charge on any atom is 0.416 e. The van der Waals surface area contributed by atoms with Gasteiger partial charge in [0.2, 0.25) is 0 Å². The molecule has 0 radical (unpaired) electrons. The fourth-order valence-electron chi connectivity index (χ4n) is 3.99. The number of alkyl halides is 3. The third-order valence-corrected chi connectivity index (χ3v) is 5.24. The molecule has 1 saturated carbocycles. The van der Waals surface area contributed by atoms with Crippen LogP contribution in [-0.2, 0) is 21.1 Å². The number of hydrogen-bond acceptors (Lipinski definition) is 4. The van der Waals surface area contributed by atoms with E-state index in [0.29, 0.717) is 24.5 Å². The van der Waals surface area contributed by atoms with Crippen LogP contribution in [-0.4, -0.2) is 29.1 Å². The number of aliphatic hydroxyl groups excluding tert-OH is 1. The van der Waals surface area contributed by atoms with Gasteiger partial charge in [-0.15, -0.1) is 0 Å². The van der Waals surface area contributed by atoms with Crippen LogP contribution in [0.2, 0.25) is 0 Å². The minimum atomic E-state index is -4.45. The molecule has 1 N–H and O–H groups in total. The zero-order valence-corrected chi connectivity index (χ0v) is 13.9. The Bertz CT molecular complexity index is 780. The Labute approximate surface area is 148 Å². The summed E-state index contributed by atoms with van der Waals surface area (Å²) in [4.78, 5) is 4.18. The summed E-state index contributed by atoms with van der Waals surface area (Å²) in [7, 11) is 0. The lowest BCUT2D eigenvalue weighted by Gasteiger charge is -2.55. The van der Waals surface area contributed by atoms with Crippen molar-refractivity contribution in [2.75, 3.05) is 13.2 Å². The van der Waals surface area contributed by atoms with Gasteiger partial charge >= 0.3 is 6.18 Å². The number of hydrogen-bond donors (Lipinski definition) is 1. The average molecular weight is 365 g/mol. The minimum Gasteiger partial charge on any atom is -0.386 e. The molecule has 1 spiro atoms. The molecule has 1 aliphatic heterocycles. The van der Waals surface area contributed by atoms with Crippen molar-refractivity contribution >= 4 is 0 Å². The van der Waals surface area contributed by atoms with Crippen LogP contribution >= 0.6 is 0 Å². The van der Waals surface area contributed by atoms with Crippen LogP contribution in [0.4, 0.5) is 13.2 Å². The number of nitrogens with zero attached hydrogens (tertiary/aromatic N) is 1. The first-order valence-electron chi connectivity index (χ1n) is 8.39. The minimum absolute atomic E-state index is 0.277. The second-order valence-electron chi connectivity index (χ2n) is 6.85. The molecular weight excluding hydrogens is 347 g/mol. The van der Waals surface area contributed by atoms with E-state index in [2.05, 4.69) is 4.98 Å².